The number of nitrogens with one attached hydrogen (secondary N) is 3. The summed E-state index contributed by atoms with van der Waals surface area (Å²) >= 11 is 7.82. The molecule has 17 heteroatoms. The van der Waals surface area contributed by atoms with Gasteiger partial charge >= 0.3 is 0 Å². The van der Waals surface area contributed by atoms with Gasteiger partial charge < -0.3 is 45.1 Å². The molecule has 1 aliphatic heterocycles. The summed E-state index contributed by atoms with van der Waals surface area (Å²) in [6, 6.07) is 19.7. The maximum atomic E-state index is 14.2. The topological polar surface area (TPSA) is 195 Å². The highest BCUT2D eigenvalue weighted by molar-refractivity contribution is 7.13. The second-order valence-corrected chi connectivity index (χ2v) is 22.5. The minimum Gasteiger partial charge on any atom is -0.494 e. The van der Waals surface area contributed by atoms with Gasteiger partial charge in [0.15, 0.2) is 0 Å². The molecule has 71 heavy (non-hydrogen) atoms. The molecule has 4 amide bonds. The van der Waals surface area contributed by atoms with Crippen molar-refractivity contribution in [2.45, 2.75) is 117 Å². The number of nitrogens with zero attached hydrogens (tertiary/aromatic N) is 4. The molecule has 3 aromatic carbocycles. The first-order valence-electron chi connectivity index (χ1n) is 24.2. The van der Waals surface area contributed by atoms with Gasteiger partial charge in [-0.2, -0.15) is 5.26 Å². The normalized spacial score (nSPS) is 20.0. The predicted molar refractivity (Wildman–Crippen MR) is 275 cm³/mol. The van der Waals surface area contributed by atoms with E-state index in [1.807, 2.05) is 76.5 Å². The number of unbranched alkanes of at least 4 members (excludes halogenated alkanes) is 2. The average Bonchev–Trinajstić information content (AvgIpc) is 3.94. The monoisotopic (exact) mass is 1010 g/mol. The van der Waals surface area contributed by atoms with Gasteiger partial charge in [-0.3, -0.25) is 19.2 Å². The molecule has 0 radical (unpaired) electrons. The summed E-state index contributed by atoms with van der Waals surface area (Å²) in [6.45, 7) is 16.8. The van der Waals surface area contributed by atoms with E-state index in [1.54, 1.807) is 53.8 Å². The van der Waals surface area contributed by atoms with Gasteiger partial charge in [0.1, 0.15) is 42.4 Å². The van der Waals surface area contributed by atoms with E-state index in [0.717, 1.165) is 34.5 Å². The molecule has 1 aliphatic carbocycles. The number of amides is 4. The number of thiazole rings is 1. The summed E-state index contributed by atoms with van der Waals surface area (Å²) in [4.78, 5) is 63.6. The highest BCUT2D eigenvalue weighted by Gasteiger charge is 2.64. The van der Waals surface area contributed by atoms with Crippen LogP contribution in [0.2, 0.25) is 5.02 Å². The van der Waals surface area contributed by atoms with Crippen molar-refractivity contribution in [1.29, 1.82) is 5.26 Å². The lowest BCUT2D eigenvalue weighted by molar-refractivity contribution is -0.164. The van der Waals surface area contributed by atoms with Crippen LogP contribution in [-0.2, 0) is 19.1 Å². The zero-order valence-electron chi connectivity index (χ0n) is 42.6. The van der Waals surface area contributed by atoms with Gasteiger partial charge in [0.25, 0.3) is 5.91 Å². The fraction of sp³-hybridized carbons (Fsp3) is 0.519. The number of aryl methyl sites for hydroxylation is 1. The molecular formula is C54H70ClN7O8S. The fourth-order valence-corrected chi connectivity index (χ4v) is 11.0. The maximum absolute atomic E-state index is 14.2. The largest absolute Gasteiger partial charge is 0.494 e. The third kappa shape index (κ3) is 13.5. The van der Waals surface area contributed by atoms with Crippen LogP contribution in [0.1, 0.15) is 107 Å². The van der Waals surface area contributed by atoms with E-state index in [-0.39, 0.29) is 49.6 Å². The first kappa shape index (κ1) is 54.8. The Hall–Kier alpha value is -5.57. The number of hydrogen-bond donors (Lipinski definition) is 4. The van der Waals surface area contributed by atoms with E-state index < -0.39 is 46.2 Å². The molecule has 2 heterocycles. The number of aliphatic hydroxyl groups excluding tert-OH is 1. The SMILES string of the molecule is Cc1ncsc1-c1ccc([C@@H](CN(C)C)NC(=O)[C@@H]2C[C@@H](O)CN2C(=O)C(NC(=O)COCCCCCOc2ccc(C(=O)N[C@H]3C(C)(C)[C@H](Oc4ccc(C#N)c(Cl)c4)C3(C)C)cc2)C(C)(C)C)cc1. The van der Waals surface area contributed by atoms with Crippen LogP contribution in [0.25, 0.3) is 10.4 Å². The van der Waals surface area contributed by atoms with Gasteiger partial charge in [0.05, 0.1) is 45.4 Å². The molecule has 1 saturated heterocycles. The molecule has 1 aromatic heterocycles. The van der Waals surface area contributed by atoms with Gasteiger partial charge in [-0.1, -0.05) is 84.3 Å². The predicted octanol–water partition coefficient (Wildman–Crippen LogP) is 7.73. The Kier molecular flexibility index (Phi) is 18.0. The number of nitriles is 1. The molecule has 1 unspecified atom stereocenters. The summed E-state index contributed by atoms with van der Waals surface area (Å²) in [6.07, 6.45) is 1.19. The Morgan fingerprint density at radius 3 is 2.23 bits per heavy atom. The van der Waals surface area contributed by atoms with Crippen molar-refractivity contribution in [3.8, 4) is 28.0 Å². The van der Waals surface area contributed by atoms with E-state index >= 15 is 0 Å². The quantitative estimate of drug-likeness (QED) is 0.0597. The molecule has 15 nitrogen and oxygen atoms in total. The Balaban J connectivity index is 0.910. The van der Waals surface area contributed by atoms with Crippen LogP contribution in [0.15, 0.2) is 72.2 Å². The Morgan fingerprint density at radius 2 is 1.62 bits per heavy atom. The van der Waals surface area contributed by atoms with Crippen LogP contribution >= 0.6 is 22.9 Å². The third-order valence-corrected chi connectivity index (χ3v) is 14.7. The van der Waals surface area contributed by atoms with Gasteiger partial charge in [-0.05, 0) is 93.2 Å². The second-order valence-electron chi connectivity index (χ2n) is 21.3. The number of β-amino-alcohol motifs (C(OH)–C–C–N with tert-alkyl or cyclic N) is 1. The average molecular weight is 1010 g/mol. The van der Waals surface area contributed by atoms with Crippen LogP contribution < -0.4 is 25.4 Å². The molecule has 4 aromatic rings. The molecule has 4 atom stereocenters. The number of benzene rings is 3. The summed E-state index contributed by atoms with van der Waals surface area (Å²) in [7, 11) is 3.85. The molecule has 6 rings (SSSR count). The molecule has 1 saturated carbocycles. The Bertz CT molecular complexity index is 2520. The minimum absolute atomic E-state index is 0.0285. The van der Waals surface area contributed by atoms with Crippen molar-refractivity contribution in [2.24, 2.45) is 16.2 Å². The van der Waals surface area contributed by atoms with Gasteiger partial charge in [0.2, 0.25) is 17.7 Å². The number of aromatic nitrogens is 1. The zero-order chi connectivity index (χ0) is 51.8. The summed E-state index contributed by atoms with van der Waals surface area (Å²) in [5.41, 5.74) is 4.12. The number of aliphatic hydroxyl groups is 1. The number of halogens is 1. The Morgan fingerprint density at radius 1 is 0.958 bits per heavy atom. The number of carbonyl (C=O) groups excluding carboxylic acids is 4. The number of rotatable bonds is 21. The molecule has 2 fully saturated rings. The van der Waals surface area contributed by atoms with Crippen molar-refractivity contribution in [2.75, 3.05) is 47.0 Å². The number of ether oxygens (including phenoxy) is 3. The smallest absolute Gasteiger partial charge is 0.251 e. The summed E-state index contributed by atoms with van der Waals surface area (Å²) in [5, 5.41) is 29.5. The van der Waals surface area contributed by atoms with Crippen molar-refractivity contribution < 1.29 is 38.5 Å². The first-order valence-corrected chi connectivity index (χ1v) is 25.5. The fourth-order valence-electron chi connectivity index (χ4n) is 9.99. The van der Waals surface area contributed by atoms with E-state index in [0.29, 0.717) is 53.8 Å². The van der Waals surface area contributed by atoms with Crippen LogP contribution in [0, 0.1) is 34.5 Å². The molecule has 0 bridgehead atoms. The number of likely N-dealkylation sites (N-methyl/N-ethyl adjacent to an activating group) is 1. The lowest BCUT2D eigenvalue weighted by Gasteiger charge is -2.63. The van der Waals surface area contributed by atoms with Gasteiger partial charge in [0, 0.05) is 54.6 Å². The van der Waals surface area contributed by atoms with Gasteiger partial charge in [-0.15, -0.1) is 11.3 Å². The van der Waals surface area contributed by atoms with Crippen molar-refractivity contribution in [3.05, 3.63) is 99.6 Å². The maximum Gasteiger partial charge on any atom is 0.251 e. The standard InChI is InChI=1S/C54H70ClN7O8S/c1-33-45(71-32-57-33)35-16-14-34(15-17-35)42(30-61(9)10)58-48(66)43-26-38(63)29-62(43)49(67)46(52(2,3)4)59-44(64)31-68-24-12-11-13-25-69-39-21-18-36(19-22-39)47(65)60-50-53(5,6)51(54(50,7)8)70-40-23-20-37(28-56)41(55)27-40/h14-23,27,32,38,42-43,46,50-51,63H,11-13,24-26,29-31H2,1-10H3,(H,58,66)(H,59,64)(H,60,65)/t38-,42-,43+,46?,50-,51-/m1/s1. The minimum atomic E-state index is -0.974. The Labute approximate surface area is 427 Å². The van der Waals surface area contributed by atoms with E-state index in [1.165, 1.54) is 4.90 Å². The summed E-state index contributed by atoms with van der Waals surface area (Å²) < 4.78 is 18.0. The third-order valence-electron chi connectivity index (χ3n) is 13.4. The second kappa shape index (κ2) is 23.3. The van der Waals surface area contributed by atoms with Crippen molar-refractivity contribution in [1.82, 2.24) is 30.7 Å². The molecule has 382 valence electrons. The van der Waals surface area contributed by atoms with Crippen LogP contribution in [0.4, 0.5) is 0 Å². The van der Waals surface area contributed by atoms with Crippen molar-refractivity contribution >= 4 is 46.6 Å². The van der Waals surface area contributed by atoms with Crippen LogP contribution in [0.5, 0.6) is 11.5 Å². The van der Waals surface area contributed by atoms with Crippen molar-refractivity contribution in [3.63, 3.8) is 0 Å². The van der Waals surface area contributed by atoms with E-state index in [2.05, 4.69) is 54.7 Å². The molecule has 2 aliphatic rings. The van der Waals surface area contributed by atoms with Gasteiger partial charge in [-0.25, -0.2) is 4.98 Å². The lowest BCUT2D eigenvalue weighted by atomic mass is 9.49. The number of hydrogen-bond acceptors (Lipinski definition) is 12. The lowest BCUT2D eigenvalue weighted by Crippen LogP contribution is -2.74. The van der Waals surface area contributed by atoms with Crippen LogP contribution in [-0.4, -0.2) is 121 Å². The molecule has 0 spiro atoms. The highest BCUT2D eigenvalue weighted by atomic mass is 35.5. The summed E-state index contributed by atoms with van der Waals surface area (Å²) in [5.74, 6) is -0.243. The molecule has 4 N–H and O–H groups in total. The van der Waals surface area contributed by atoms with Crippen LogP contribution in [0.3, 0.4) is 0 Å². The highest BCUT2D eigenvalue weighted by Crippen LogP contribution is 2.55. The zero-order valence-corrected chi connectivity index (χ0v) is 44.2. The first-order chi connectivity index (χ1) is 33.5. The van der Waals surface area contributed by atoms with E-state index in [9.17, 15) is 29.5 Å². The number of likely N-dealkylation sites (tertiary alicyclic amines) is 1. The molecular weight excluding hydrogens is 942 g/mol. The number of carbonyl (C=O) groups is 4. The van der Waals surface area contributed by atoms with E-state index in [4.69, 9.17) is 25.8 Å².